The van der Waals surface area contributed by atoms with Crippen LogP contribution in [0.2, 0.25) is 0 Å². The lowest BCUT2D eigenvalue weighted by atomic mass is 9.98. The number of rotatable bonds is 3. The van der Waals surface area contributed by atoms with Crippen molar-refractivity contribution in [3.8, 4) is 11.1 Å². The molecule has 0 atom stereocenters. The number of aromatic carboxylic acids is 1. The molecule has 0 bridgehead atoms. The van der Waals surface area contributed by atoms with Gasteiger partial charge in [0.25, 0.3) is 0 Å². The van der Waals surface area contributed by atoms with E-state index in [1.54, 1.807) is 23.1 Å². The molecular formula is C24H19NO4. The fourth-order valence-electron chi connectivity index (χ4n) is 4.34. The maximum absolute atomic E-state index is 12.7. The van der Waals surface area contributed by atoms with Gasteiger partial charge in [0, 0.05) is 19.0 Å². The summed E-state index contributed by atoms with van der Waals surface area (Å²) in [6.07, 6.45) is -0.375. The first-order chi connectivity index (χ1) is 14.1. The van der Waals surface area contributed by atoms with Gasteiger partial charge < -0.3 is 9.84 Å². The summed E-state index contributed by atoms with van der Waals surface area (Å²) < 4.78 is 5.70. The largest absolute Gasteiger partial charge is 0.478 e. The van der Waals surface area contributed by atoms with Crippen LogP contribution >= 0.6 is 0 Å². The summed E-state index contributed by atoms with van der Waals surface area (Å²) in [6, 6.07) is 21.4. The molecule has 1 N–H and O–H groups in total. The fraction of sp³-hybridized carbons (Fsp3) is 0.167. The number of hydrogen-bond acceptors (Lipinski definition) is 3. The molecule has 0 aromatic heterocycles. The molecule has 1 heterocycles. The van der Waals surface area contributed by atoms with E-state index in [4.69, 9.17) is 9.84 Å². The van der Waals surface area contributed by atoms with Crippen LogP contribution in [0.1, 0.15) is 38.5 Å². The van der Waals surface area contributed by atoms with Crippen LogP contribution in [0, 0.1) is 0 Å². The van der Waals surface area contributed by atoms with E-state index in [-0.39, 0.29) is 24.2 Å². The first-order valence-corrected chi connectivity index (χ1v) is 9.57. The number of carbonyl (C=O) groups excluding carboxylic acids is 1. The number of carboxylic acids is 1. The summed E-state index contributed by atoms with van der Waals surface area (Å²) in [6.45, 7) is 1.08. The zero-order chi connectivity index (χ0) is 20.0. The van der Waals surface area contributed by atoms with Crippen molar-refractivity contribution in [3.05, 3.63) is 94.5 Å². The Hall–Kier alpha value is -3.60. The third kappa shape index (κ3) is 2.95. The Morgan fingerprint density at radius 2 is 1.52 bits per heavy atom. The van der Waals surface area contributed by atoms with Gasteiger partial charge in [0.1, 0.15) is 6.61 Å². The molecule has 2 aliphatic rings. The summed E-state index contributed by atoms with van der Waals surface area (Å²) in [5.41, 5.74) is 6.80. The standard InChI is InChI=1S/C24H19NO4/c26-23(27)15-9-10-16-12-25(13-17(16)11-15)24(28)29-14-22-20-7-3-1-5-18(20)19-6-2-4-8-21(19)22/h1-11,22H,12-14H2,(H,26,27). The van der Waals surface area contributed by atoms with E-state index in [0.717, 1.165) is 11.1 Å². The molecule has 5 heteroatoms. The SMILES string of the molecule is O=C(O)c1ccc2c(c1)CN(C(=O)OCC1c3ccccc3-c3ccccc31)C2. The van der Waals surface area contributed by atoms with Gasteiger partial charge in [-0.25, -0.2) is 9.59 Å². The van der Waals surface area contributed by atoms with Crippen LogP contribution in [0.4, 0.5) is 4.79 Å². The molecule has 3 aromatic carbocycles. The number of carbonyl (C=O) groups is 2. The molecule has 0 unspecified atom stereocenters. The van der Waals surface area contributed by atoms with Gasteiger partial charge in [0.2, 0.25) is 0 Å². The first kappa shape index (κ1) is 17.5. The van der Waals surface area contributed by atoms with Gasteiger partial charge >= 0.3 is 12.1 Å². The zero-order valence-electron chi connectivity index (χ0n) is 15.7. The molecule has 1 aliphatic heterocycles. The van der Waals surface area contributed by atoms with Crippen molar-refractivity contribution >= 4 is 12.1 Å². The second-order valence-corrected chi connectivity index (χ2v) is 7.45. The van der Waals surface area contributed by atoms with Crippen LogP contribution in [-0.4, -0.2) is 28.7 Å². The minimum Gasteiger partial charge on any atom is -0.478 e. The summed E-state index contributed by atoms with van der Waals surface area (Å²) in [5.74, 6) is -0.942. The average molecular weight is 385 g/mol. The molecule has 5 nitrogen and oxygen atoms in total. The molecule has 1 aliphatic carbocycles. The number of nitrogens with zero attached hydrogens (tertiary/aromatic N) is 1. The number of amides is 1. The molecule has 5 rings (SSSR count). The van der Waals surface area contributed by atoms with Crippen molar-refractivity contribution in [1.29, 1.82) is 0 Å². The molecule has 1 amide bonds. The quantitative estimate of drug-likeness (QED) is 0.713. The summed E-state index contributed by atoms with van der Waals surface area (Å²) >= 11 is 0. The highest BCUT2D eigenvalue weighted by Crippen LogP contribution is 2.44. The normalized spacial score (nSPS) is 14.3. The Morgan fingerprint density at radius 3 is 2.17 bits per heavy atom. The molecule has 144 valence electrons. The Morgan fingerprint density at radius 1 is 0.897 bits per heavy atom. The Labute approximate surface area is 168 Å². The van der Waals surface area contributed by atoms with E-state index < -0.39 is 5.97 Å². The van der Waals surface area contributed by atoms with Gasteiger partial charge in [0.05, 0.1) is 5.56 Å². The van der Waals surface area contributed by atoms with Gasteiger partial charge in [0.15, 0.2) is 0 Å². The molecule has 0 saturated heterocycles. The third-order valence-electron chi connectivity index (χ3n) is 5.77. The predicted molar refractivity (Wildman–Crippen MR) is 108 cm³/mol. The maximum Gasteiger partial charge on any atom is 0.410 e. The van der Waals surface area contributed by atoms with Crippen molar-refractivity contribution in [3.63, 3.8) is 0 Å². The molecule has 0 spiro atoms. The smallest absolute Gasteiger partial charge is 0.410 e. The topological polar surface area (TPSA) is 66.8 Å². The van der Waals surface area contributed by atoms with E-state index in [1.165, 1.54) is 22.3 Å². The third-order valence-corrected chi connectivity index (χ3v) is 5.77. The van der Waals surface area contributed by atoms with E-state index in [9.17, 15) is 9.59 Å². The van der Waals surface area contributed by atoms with Crippen LogP contribution in [0.25, 0.3) is 11.1 Å². The summed E-state index contributed by atoms with van der Waals surface area (Å²) in [7, 11) is 0. The van der Waals surface area contributed by atoms with E-state index in [2.05, 4.69) is 24.3 Å². The Kier molecular flexibility index (Phi) is 4.09. The molecule has 0 saturated carbocycles. The molecule has 29 heavy (non-hydrogen) atoms. The van der Waals surface area contributed by atoms with Crippen molar-refractivity contribution in [2.75, 3.05) is 6.61 Å². The van der Waals surface area contributed by atoms with Gasteiger partial charge in [-0.15, -0.1) is 0 Å². The second-order valence-electron chi connectivity index (χ2n) is 7.45. The number of fused-ring (bicyclic) bond motifs is 4. The minimum absolute atomic E-state index is 0.0231. The number of benzene rings is 3. The zero-order valence-corrected chi connectivity index (χ0v) is 15.7. The van der Waals surface area contributed by atoms with E-state index in [0.29, 0.717) is 13.1 Å². The number of carboxylic acid groups (broad SMARTS) is 1. The number of hydrogen-bond donors (Lipinski definition) is 1. The molecule has 0 fully saturated rings. The van der Waals surface area contributed by atoms with Crippen LogP contribution in [0.15, 0.2) is 66.7 Å². The summed E-state index contributed by atoms with van der Waals surface area (Å²) in [5, 5.41) is 9.15. The van der Waals surface area contributed by atoms with Crippen molar-refractivity contribution < 1.29 is 19.4 Å². The molecule has 3 aromatic rings. The summed E-state index contributed by atoms with van der Waals surface area (Å²) in [4.78, 5) is 25.5. The highest BCUT2D eigenvalue weighted by molar-refractivity contribution is 5.88. The number of ether oxygens (including phenoxy) is 1. The Bertz CT molecular complexity index is 1090. The van der Waals surface area contributed by atoms with Crippen LogP contribution in [-0.2, 0) is 17.8 Å². The average Bonchev–Trinajstić information content (AvgIpc) is 3.31. The lowest BCUT2D eigenvalue weighted by Crippen LogP contribution is -2.27. The molecular weight excluding hydrogens is 366 g/mol. The lowest BCUT2D eigenvalue weighted by Gasteiger charge is -2.19. The van der Waals surface area contributed by atoms with E-state index in [1.807, 2.05) is 24.3 Å². The highest BCUT2D eigenvalue weighted by atomic mass is 16.6. The second kappa shape index (κ2) is 6.78. The van der Waals surface area contributed by atoms with Crippen LogP contribution < -0.4 is 0 Å². The highest BCUT2D eigenvalue weighted by Gasteiger charge is 2.31. The van der Waals surface area contributed by atoms with Crippen molar-refractivity contribution in [2.24, 2.45) is 0 Å². The maximum atomic E-state index is 12.7. The molecule has 0 radical (unpaired) electrons. The minimum atomic E-state index is -0.965. The van der Waals surface area contributed by atoms with Gasteiger partial charge in [-0.3, -0.25) is 4.90 Å². The monoisotopic (exact) mass is 385 g/mol. The fourth-order valence-corrected chi connectivity index (χ4v) is 4.34. The van der Waals surface area contributed by atoms with Crippen LogP contribution in [0.3, 0.4) is 0 Å². The van der Waals surface area contributed by atoms with Crippen molar-refractivity contribution in [2.45, 2.75) is 19.0 Å². The van der Waals surface area contributed by atoms with Gasteiger partial charge in [-0.05, 0) is 45.5 Å². The lowest BCUT2D eigenvalue weighted by molar-refractivity contribution is 0.0696. The van der Waals surface area contributed by atoms with E-state index >= 15 is 0 Å². The predicted octanol–water partition coefficient (Wildman–Crippen LogP) is 4.65. The van der Waals surface area contributed by atoms with Crippen molar-refractivity contribution in [1.82, 2.24) is 4.90 Å². The van der Waals surface area contributed by atoms with Crippen LogP contribution in [0.5, 0.6) is 0 Å². The first-order valence-electron chi connectivity index (χ1n) is 9.57. The van der Waals surface area contributed by atoms with Gasteiger partial charge in [-0.1, -0.05) is 54.6 Å². The Balaban J connectivity index is 1.31. The van der Waals surface area contributed by atoms with Gasteiger partial charge in [-0.2, -0.15) is 0 Å².